The van der Waals surface area contributed by atoms with Crippen LogP contribution >= 0.6 is 11.3 Å². The molecule has 4 aromatic rings. The normalized spacial score (nSPS) is 11.4. The molecule has 0 bridgehead atoms. The van der Waals surface area contributed by atoms with Crippen molar-refractivity contribution in [1.82, 2.24) is 14.4 Å². The molecule has 3 heterocycles. The van der Waals surface area contributed by atoms with Gasteiger partial charge < -0.3 is 4.74 Å². The number of thiazole rings is 1. The zero-order valence-electron chi connectivity index (χ0n) is 14.5. The van der Waals surface area contributed by atoms with Crippen LogP contribution in [0.5, 0.6) is 0 Å². The zero-order valence-corrected chi connectivity index (χ0v) is 15.3. The van der Waals surface area contributed by atoms with E-state index < -0.39 is 5.97 Å². The number of rotatable bonds is 4. The Hall–Kier alpha value is -3.32. The lowest BCUT2D eigenvalue weighted by atomic mass is 10.2. The van der Waals surface area contributed by atoms with Crippen molar-refractivity contribution in [3.63, 3.8) is 0 Å². The van der Waals surface area contributed by atoms with Crippen LogP contribution in [-0.2, 0) is 16.1 Å². The van der Waals surface area contributed by atoms with E-state index in [2.05, 4.69) is 9.97 Å². The number of hydrogen-bond acceptors (Lipinski definition) is 6. The first-order valence-corrected chi connectivity index (χ1v) is 9.15. The third kappa shape index (κ3) is 3.63. The number of esters is 1. The van der Waals surface area contributed by atoms with Crippen molar-refractivity contribution in [2.24, 2.45) is 0 Å². The van der Waals surface area contributed by atoms with E-state index in [1.165, 1.54) is 27.9 Å². The Bertz CT molecular complexity index is 1240. The summed E-state index contributed by atoms with van der Waals surface area (Å²) in [5, 5.41) is 2.90. The second-order valence-electron chi connectivity index (χ2n) is 5.95. The molecule has 0 unspecified atom stereocenters. The summed E-state index contributed by atoms with van der Waals surface area (Å²) in [5.41, 5.74) is 2.60. The molecule has 134 valence electrons. The second kappa shape index (κ2) is 7.13. The fraction of sp³-hybridized carbons (Fsp3) is 0.100. The minimum Gasteiger partial charge on any atom is -0.456 e. The van der Waals surface area contributed by atoms with E-state index in [4.69, 9.17) is 4.74 Å². The van der Waals surface area contributed by atoms with Crippen LogP contribution in [-0.4, -0.2) is 20.3 Å². The van der Waals surface area contributed by atoms with Gasteiger partial charge in [0, 0.05) is 28.6 Å². The van der Waals surface area contributed by atoms with Crippen LogP contribution in [0.25, 0.3) is 21.9 Å². The van der Waals surface area contributed by atoms with Crippen molar-refractivity contribution in [2.75, 3.05) is 0 Å². The van der Waals surface area contributed by atoms with Crippen LogP contribution < -0.4 is 5.56 Å². The summed E-state index contributed by atoms with van der Waals surface area (Å²) in [4.78, 5) is 33.5. The number of carbonyl (C=O) groups is 1. The van der Waals surface area contributed by atoms with E-state index in [1.54, 1.807) is 6.08 Å². The molecule has 0 aliphatic carbocycles. The lowest BCUT2D eigenvalue weighted by molar-refractivity contribution is -0.139. The van der Waals surface area contributed by atoms with Crippen molar-refractivity contribution in [1.29, 1.82) is 0 Å². The molecule has 0 radical (unpaired) electrons. The molecule has 0 saturated carbocycles. The van der Waals surface area contributed by atoms with Gasteiger partial charge in [-0.15, -0.1) is 11.3 Å². The molecule has 1 aromatic carbocycles. The van der Waals surface area contributed by atoms with E-state index in [0.717, 1.165) is 16.6 Å². The topological polar surface area (TPSA) is 73.6 Å². The van der Waals surface area contributed by atoms with Gasteiger partial charge in [0.1, 0.15) is 6.61 Å². The van der Waals surface area contributed by atoms with Gasteiger partial charge in [0.15, 0.2) is 4.96 Å². The number of benzene rings is 1. The molecule has 7 heteroatoms. The van der Waals surface area contributed by atoms with Crippen LogP contribution in [0.15, 0.2) is 58.7 Å². The summed E-state index contributed by atoms with van der Waals surface area (Å²) in [5.74, 6) is -0.519. The van der Waals surface area contributed by atoms with Gasteiger partial charge in [0.2, 0.25) is 0 Å². The molecular weight excluding hydrogens is 362 g/mol. The van der Waals surface area contributed by atoms with Crippen molar-refractivity contribution in [2.45, 2.75) is 13.5 Å². The maximum atomic E-state index is 12.1. The van der Waals surface area contributed by atoms with Gasteiger partial charge in [-0.05, 0) is 25.1 Å². The minimum atomic E-state index is -0.519. The minimum absolute atomic E-state index is 0.0585. The van der Waals surface area contributed by atoms with E-state index in [1.807, 2.05) is 48.7 Å². The standard InChI is InChI=1S/C20H15N3O3S/c1-13-12-27-20-22-16(10-18(24)23(13)20)11-26-19(25)9-8-15-7-6-14-4-2-3-5-17(14)21-15/h2-10,12H,11H2,1H3/b9-8+. The number of nitrogens with zero attached hydrogens (tertiary/aromatic N) is 3. The number of hydrogen-bond donors (Lipinski definition) is 0. The molecule has 6 nitrogen and oxygen atoms in total. The first-order chi connectivity index (χ1) is 13.1. The van der Waals surface area contributed by atoms with Gasteiger partial charge in [-0.3, -0.25) is 9.20 Å². The predicted molar refractivity (Wildman–Crippen MR) is 105 cm³/mol. The molecular formula is C20H15N3O3S. The first kappa shape index (κ1) is 17.1. The predicted octanol–water partition coefficient (Wildman–Crippen LogP) is 3.37. The average Bonchev–Trinajstić information content (AvgIpc) is 3.06. The summed E-state index contributed by atoms with van der Waals surface area (Å²) in [6.45, 7) is 1.79. The largest absolute Gasteiger partial charge is 0.456 e. The van der Waals surface area contributed by atoms with Gasteiger partial charge in [0.05, 0.1) is 16.9 Å². The molecule has 4 rings (SSSR count). The number of carbonyl (C=O) groups excluding carboxylic acids is 1. The number of para-hydroxylation sites is 1. The molecule has 0 spiro atoms. The number of ether oxygens (including phenoxy) is 1. The summed E-state index contributed by atoms with van der Waals surface area (Å²) >= 11 is 1.37. The third-order valence-electron chi connectivity index (χ3n) is 4.00. The Morgan fingerprint density at radius 3 is 2.96 bits per heavy atom. The van der Waals surface area contributed by atoms with Crippen LogP contribution in [0.3, 0.4) is 0 Å². The first-order valence-electron chi connectivity index (χ1n) is 8.27. The second-order valence-corrected chi connectivity index (χ2v) is 6.79. The Balaban J connectivity index is 1.44. The SMILES string of the molecule is Cc1csc2nc(COC(=O)/C=C/c3ccc4ccccc4n3)cc(=O)n12. The van der Waals surface area contributed by atoms with E-state index >= 15 is 0 Å². The van der Waals surface area contributed by atoms with Gasteiger partial charge in [-0.2, -0.15) is 0 Å². The molecule has 0 aliphatic heterocycles. The van der Waals surface area contributed by atoms with Gasteiger partial charge in [0.25, 0.3) is 5.56 Å². The highest BCUT2D eigenvalue weighted by molar-refractivity contribution is 7.15. The monoisotopic (exact) mass is 377 g/mol. The fourth-order valence-corrected chi connectivity index (χ4v) is 3.59. The van der Waals surface area contributed by atoms with Crippen LogP contribution in [0, 0.1) is 6.92 Å². The highest BCUT2D eigenvalue weighted by Crippen LogP contribution is 2.13. The maximum absolute atomic E-state index is 12.1. The summed E-state index contributed by atoms with van der Waals surface area (Å²) in [7, 11) is 0. The zero-order chi connectivity index (χ0) is 18.8. The molecule has 27 heavy (non-hydrogen) atoms. The third-order valence-corrected chi connectivity index (χ3v) is 4.94. The van der Waals surface area contributed by atoms with E-state index in [9.17, 15) is 9.59 Å². The highest BCUT2D eigenvalue weighted by atomic mass is 32.1. The fourth-order valence-electron chi connectivity index (χ4n) is 2.70. The highest BCUT2D eigenvalue weighted by Gasteiger charge is 2.08. The van der Waals surface area contributed by atoms with Crippen LogP contribution in [0.2, 0.25) is 0 Å². The molecule has 0 saturated heterocycles. The van der Waals surface area contributed by atoms with Crippen molar-refractivity contribution >= 4 is 39.2 Å². The molecule has 3 aromatic heterocycles. The number of aromatic nitrogens is 3. The lowest BCUT2D eigenvalue weighted by Crippen LogP contribution is -2.16. The Morgan fingerprint density at radius 2 is 2.07 bits per heavy atom. The van der Waals surface area contributed by atoms with Gasteiger partial charge in [-0.25, -0.2) is 14.8 Å². The molecule has 0 N–H and O–H groups in total. The smallest absolute Gasteiger partial charge is 0.331 e. The van der Waals surface area contributed by atoms with Gasteiger partial charge in [-0.1, -0.05) is 24.3 Å². The van der Waals surface area contributed by atoms with E-state index in [-0.39, 0.29) is 12.2 Å². The molecule has 0 atom stereocenters. The Kier molecular flexibility index (Phi) is 4.52. The van der Waals surface area contributed by atoms with Crippen molar-refractivity contribution < 1.29 is 9.53 Å². The summed E-state index contributed by atoms with van der Waals surface area (Å²) in [6, 6.07) is 12.9. The maximum Gasteiger partial charge on any atom is 0.331 e. The van der Waals surface area contributed by atoms with Crippen LogP contribution in [0.4, 0.5) is 0 Å². The number of fused-ring (bicyclic) bond motifs is 2. The lowest BCUT2D eigenvalue weighted by Gasteiger charge is -2.02. The van der Waals surface area contributed by atoms with E-state index in [0.29, 0.717) is 16.3 Å². The number of pyridine rings is 1. The molecule has 0 fully saturated rings. The molecule has 0 aliphatic rings. The Morgan fingerprint density at radius 1 is 1.22 bits per heavy atom. The van der Waals surface area contributed by atoms with Crippen molar-refractivity contribution in [3.05, 3.63) is 81.4 Å². The average molecular weight is 377 g/mol. The van der Waals surface area contributed by atoms with Gasteiger partial charge >= 0.3 is 5.97 Å². The summed E-state index contributed by atoms with van der Waals surface area (Å²) < 4.78 is 6.72. The van der Waals surface area contributed by atoms with Crippen molar-refractivity contribution in [3.8, 4) is 0 Å². The molecule has 0 amide bonds. The number of aryl methyl sites for hydroxylation is 1. The Labute approximate surface area is 158 Å². The quantitative estimate of drug-likeness (QED) is 0.403. The summed E-state index contributed by atoms with van der Waals surface area (Å²) in [6.07, 6.45) is 2.92. The van der Waals surface area contributed by atoms with Crippen LogP contribution in [0.1, 0.15) is 17.1 Å².